The van der Waals surface area contributed by atoms with Crippen LogP contribution in [0.4, 0.5) is 4.79 Å². The topological polar surface area (TPSA) is 79.7 Å². The number of pyridine rings is 1. The summed E-state index contributed by atoms with van der Waals surface area (Å²) in [7, 11) is 0. The molecule has 0 spiro atoms. The lowest BCUT2D eigenvalue weighted by atomic mass is 10.1. The Labute approximate surface area is 117 Å². The van der Waals surface area contributed by atoms with Gasteiger partial charge >= 0.3 is 12.1 Å². The molecule has 1 aliphatic rings. The zero-order chi connectivity index (χ0) is 14.9. The SMILES string of the molecule is CC(C)(C)OC(=O)N1CCc2nc(C(=O)O)ccc2C1. The molecule has 0 fully saturated rings. The number of carboxylic acid groups (broad SMARTS) is 1. The maximum atomic E-state index is 12.0. The van der Waals surface area contributed by atoms with Crippen molar-refractivity contribution < 1.29 is 19.4 Å². The summed E-state index contributed by atoms with van der Waals surface area (Å²) in [5.74, 6) is -1.04. The minimum atomic E-state index is -1.04. The number of carboxylic acids is 1. The van der Waals surface area contributed by atoms with Crippen LogP contribution in [0.5, 0.6) is 0 Å². The van der Waals surface area contributed by atoms with Gasteiger partial charge in [0.15, 0.2) is 0 Å². The smallest absolute Gasteiger partial charge is 0.410 e. The Hall–Kier alpha value is -2.11. The molecule has 1 aromatic rings. The molecule has 1 aliphatic heterocycles. The molecular weight excluding hydrogens is 260 g/mol. The van der Waals surface area contributed by atoms with Crippen molar-refractivity contribution in [3.63, 3.8) is 0 Å². The number of aromatic carboxylic acids is 1. The second-order valence-electron chi connectivity index (χ2n) is 5.76. The Kier molecular flexibility index (Phi) is 3.65. The van der Waals surface area contributed by atoms with Crippen LogP contribution in [-0.4, -0.2) is 39.2 Å². The van der Waals surface area contributed by atoms with Gasteiger partial charge in [0.25, 0.3) is 0 Å². The van der Waals surface area contributed by atoms with Crippen molar-refractivity contribution in [2.75, 3.05) is 6.54 Å². The van der Waals surface area contributed by atoms with Crippen molar-refractivity contribution in [1.82, 2.24) is 9.88 Å². The molecule has 0 saturated heterocycles. The third-order valence-corrected chi connectivity index (χ3v) is 2.92. The van der Waals surface area contributed by atoms with Crippen LogP contribution < -0.4 is 0 Å². The molecule has 0 radical (unpaired) electrons. The summed E-state index contributed by atoms with van der Waals surface area (Å²) in [5, 5.41) is 8.91. The maximum absolute atomic E-state index is 12.0. The van der Waals surface area contributed by atoms with E-state index in [9.17, 15) is 9.59 Å². The van der Waals surface area contributed by atoms with E-state index in [1.807, 2.05) is 20.8 Å². The molecule has 20 heavy (non-hydrogen) atoms. The van der Waals surface area contributed by atoms with Crippen LogP contribution in [0.2, 0.25) is 0 Å². The molecular formula is C14H18N2O4. The molecule has 6 heteroatoms. The summed E-state index contributed by atoms with van der Waals surface area (Å²) in [6.07, 6.45) is 0.181. The Morgan fingerprint density at radius 3 is 2.65 bits per heavy atom. The molecule has 0 unspecified atom stereocenters. The van der Waals surface area contributed by atoms with Crippen molar-refractivity contribution in [1.29, 1.82) is 0 Å². The number of rotatable bonds is 1. The average Bonchev–Trinajstić information content (AvgIpc) is 2.35. The van der Waals surface area contributed by atoms with Gasteiger partial charge in [0.05, 0.1) is 6.54 Å². The van der Waals surface area contributed by atoms with Gasteiger partial charge in [-0.2, -0.15) is 0 Å². The van der Waals surface area contributed by atoms with Crippen LogP contribution in [0.3, 0.4) is 0 Å². The van der Waals surface area contributed by atoms with Gasteiger partial charge in [-0.15, -0.1) is 0 Å². The fraction of sp³-hybridized carbons (Fsp3) is 0.500. The Balaban J connectivity index is 2.12. The molecule has 0 saturated carbocycles. The molecule has 0 bridgehead atoms. The molecule has 108 valence electrons. The normalized spacial score (nSPS) is 14.7. The van der Waals surface area contributed by atoms with Crippen molar-refractivity contribution in [2.45, 2.75) is 39.3 Å². The molecule has 0 aromatic carbocycles. The van der Waals surface area contributed by atoms with Gasteiger partial charge in [0.1, 0.15) is 11.3 Å². The van der Waals surface area contributed by atoms with Crippen LogP contribution in [-0.2, 0) is 17.7 Å². The second-order valence-corrected chi connectivity index (χ2v) is 5.76. The Morgan fingerprint density at radius 2 is 2.05 bits per heavy atom. The quantitative estimate of drug-likeness (QED) is 0.850. The third kappa shape index (κ3) is 3.26. The van der Waals surface area contributed by atoms with Gasteiger partial charge in [0.2, 0.25) is 0 Å². The van der Waals surface area contributed by atoms with E-state index in [2.05, 4.69) is 4.98 Å². The summed E-state index contributed by atoms with van der Waals surface area (Å²) < 4.78 is 5.33. The van der Waals surface area contributed by atoms with Gasteiger partial charge in [-0.05, 0) is 32.4 Å². The number of aromatic nitrogens is 1. The standard InChI is InChI=1S/C14H18N2O4/c1-14(2,3)20-13(19)16-7-6-10-9(8-16)4-5-11(15-10)12(17)18/h4-5H,6-8H2,1-3H3,(H,17,18). The van der Waals surface area contributed by atoms with Gasteiger partial charge < -0.3 is 14.7 Å². The first-order valence-electron chi connectivity index (χ1n) is 6.46. The number of carbonyl (C=O) groups is 2. The predicted molar refractivity (Wildman–Crippen MR) is 71.5 cm³/mol. The summed E-state index contributed by atoms with van der Waals surface area (Å²) in [6.45, 7) is 6.35. The first-order chi connectivity index (χ1) is 9.26. The van der Waals surface area contributed by atoms with Crippen LogP contribution in [0.1, 0.15) is 42.5 Å². The second kappa shape index (κ2) is 5.11. The highest BCUT2D eigenvalue weighted by Gasteiger charge is 2.26. The van der Waals surface area contributed by atoms with Crippen molar-refractivity contribution in [3.8, 4) is 0 Å². The number of carbonyl (C=O) groups excluding carboxylic acids is 1. The molecule has 2 rings (SSSR count). The van der Waals surface area contributed by atoms with Crippen molar-refractivity contribution >= 4 is 12.1 Å². The fourth-order valence-corrected chi connectivity index (χ4v) is 2.02. The number of hydrogen-bond donors (Lipinski definition) is 1. The Morgan fingerprint density at radius 1 is 1.35 bits per heavy atom. The van der Waals surface area contributed by atoms with E-state index in [1.54, 1.807) is 11.0 Å². The lowest BCUT2D eigenvalue weighted by Gasteiger charge is -2.30. The summed E-state index contributed by atoms with van der Waals surface area (Å²) >= 11 is 0. The van der Waals surface area contributed by atoms with Crippen LogP contribution in [0.15, 0.2) is 12.1 Å². The minimum absolute atomic E-state index is 0.0365. The van der Waals surface area contributed by atoms with Crippen LogP contribution >= 0.6 is 0 Å². The number of fused-ring (bicyclic) bond motifs is 1. The highest BCUT2D eigenvalue weighted by molar-refractivity contribution is 5.85. The van der Waals surface area contributed by atoms with Gasteiger partial charge in [0, 0.05) is 18.7 Å². The molecule has 6 nitrogen and oxygen atoms in total. The van der Waals surface area contributed by atoms with E-state index < -0.39 is 11.6 Å². The molecule has 2 heterocycles. The summed E-state index contributed by atoms with van der Waals surface area (Å²) in [6, 6.07) is 3.17. The van der Waals surface area contributed by atoms with Gasteiger partial charge in [-0.25, -0.2) is 14.6 Å². The lowest BCUT2D eigenvalue weighted by molar-refractivity contribution is 0.0222. The first-order valence-corrected chi connectivity index (χ1v) is 6.46. The predicted octanol–water partition coefficient (Wildman–Crippen LogP) is 2.07. The van der Waals surface area contributed by atoms with Crippen LogP contribution in [0.25, 0.3) is 0 Å². The number of ether oxygens (including phenoxy) is 1. The van der Waals surface area contributed by atoms with E-state index in [-0.39, 0.29) is 11.8 Å². The molecule has 1 aromatic heterocycles. The van der Waals surface area contributed by atoms with E-state index in [4.69, 9.17) is 9.84 Å². The summed E-state index contributed by atoms with van der Waals surface area (Å²) in [4.78, 5) is 28.6. The highest BCUT2D eigenvalue weighted by Crippen LogP contribution is 2.20. The van der Waals surface area contributed by atoms with E-state index in [0.717, 1.165) is 11.3 Å². The largest absolute Gasteiger partial charge is 0.477 e. The van der Waals surface area contributed by atoms with Crippen molar-refractivity contribution in [3.05, 3.63) is 29.1 Å². The maximum Gasteiger partial charge on any atom is 0.410 e. The number of amides is 1. The fourth-order valence-electron chi connectivity index (χ4n) is 2.02. The first kappa shape index (κ1) is 14.3. The van der Waals surface area contributed by atoms with E-state index in [1.165, 1.54) is 6.07 Å². The average molecular weight is 278 g/mol. The monoisotopic (exact) mass is 278 g/mol. The molecule has 1 N–H and O–H groups in total. The van der Waals surface area contributed by atoms with Crippen LogP contribution in [0, 0.1) is 0 Å². The van der Waals surface area contributed by atoms with Gasteiger partial charge in [-0.3, -0.25) is 0 Å². The Bertz CT molecular complexity index is 549. The zero-order valence-corrected chi connectivity index (χ0v) is 11.8. The highest BCUT2D eigenvalue weighted by atomic mass is 16.6. The van der Waals surface area contributed by atoms with E-state index in [0.29, 0.717) is 19.5 Å². The number of hydrogen-bond acceptors (Lipinski definition) is 4. The zero-order valence-electron chi connectivity index (χ0n) is 11.8. The van der Waals surface area contributed by atoms with E-state index >= 15 is 0 Å². The molecule has 0 aliphatic carbocycles. The minimum Gasteiger partial charge on any atom is -0.477 e. The molecule has 1 amide bonds. The lowest BCUT2D eigenvalue weighted by Crippen LogP contribution is -2.40. The van der Waals surface area contributed by atoms with Crippen molar-refractivity contribution in [2.24, 2.45) is 0 Å². The molecule has 0 atom stereocenters. The number of nitrogens with zero attached hydrogens (tertiary/aromatic N) is 2. The van der Waals surface area contributed by atoms with Gasteiger partial charge in [-0.1, -0.05) is 6.07 Å². The third-order valence-electron chi connectivity index (χ3n) is 2.92. The summed E-state index contributed by atoms with van der Waals surface area (Å²) in [5.41, 5.74) is 1.12.